The lowest BCUT2D eigenvalue weighted by atomic mass is 10.1. The van der Waals surface area contributed by atoms with Gasteiger partial charge < -0.3 is 5.32 Å². The van der Waals surface area contributed by atoms with E-state index < -0.39 is 27.6 Å². The van der Waals surface area contributed by atoms with Crippen molar-refractivity contribution in [3.63, 3.8) is 0 Å². The van der Waals surface area contributed by atoms with Crippen LogP contribution in [0.4, 0.5) is 20.2 Å². The van der Waals surface area contributed by atoms with Crippen LogP contribution in [0.5, 0.6) is 0 Å². The number of carbonyl (C=O) groups is 1. The molecular weight excluding hydrogens is 471 g/mol. The summed E-state index contributed by atoms with van der Waals surface area (Å²) in [5.41, 5.74) is 3.49. The molecule has 0 spiro atoms. The number of nitrogens with zero attached hydrogens (tertiary/aromatic N) is 1. The largest absolute Gasteiger partial charge is 0.322 e. The first kappa shape index (κ1) is 21.5. The van der Waals surface area contributed by atoms with Crippen molar-refractivity contribution in [3.05, 3.63) is 87.4 Å². The second kappa shape index (κ2) is 8.08. The smallest absolute Gasteiger partial charge is 0.279 e. The first-order chi connectivity index (χ1) is 14.7. The SMILES string of the molecule is O=C(Nc1ccc2c(c1)N(S(=O)(=O)c1ccc(F)cc1Cl)NC2)c1c(F)cccc1Cl. The van der Waals surface area contributed by atoms with Crippen LogP contribution in [0.1, 0.15) is 15.9 Å². The molecule has 11 heteroatoms. The van der Waals surface area contributed by atoms with Crippen LogP contribution in [0.3, 0.4) is 0 Å². The fourth-order valence-electron chi connectivity index (χ4n) is 3.13. The molecule has 2 N–H and O–H groups in total. The van der Waals surface area contributed by atoms with Crippen molar-refractivity contribution in [3.8, 4) is 0 Å². The number of fused-ring (bicyclic) bond motifs is 1. The zero-order valence-electron chi connectivity index (χ0n) is 15.5. The van der Waals surface area contributed by atoms with Crippen LogP contribution in [-0.4, -0.2) is 14.3 Å². The molecule has 0 radical (unpaired) electrons. The molecule has 0 fully saturated rings. The van der Waals surface area contributed by atoms with Crippen molar-refractivity contribution in [2.24, 2.45) is 0 Å². The first-order valence-electron chi connectivity index (χ1n) is 8.80. The van der Waals surface area contributed by atoms with Gasteiger partial charge in [0.15, 0.2) is 0 Å². The van der Waals surface area contributed by atoms with Gasteiger partial charge in [-0.2, -0.15) is 12.8 Å². The zero-order chi connectivity index (χ0) is 22.3. The Balaban J connectivity index is 1.67. The maximum atomic E-state index is 14.0. The monoisotopic (exact) mass is 483 g/mol. The predicted molar refractivity (Wildman–Crippen MR) is 114 cm³/mol. The number of carbonyl (C=O) groups excluding carboxylic acids is 1. The van der Waals surface area contributed by atoms with Gasteiger partial charge in [-0.1, -0.05) is 35.3 Å². The molecule has 0 aliphatic carbocycles. The van der Waals surface area contributed by atoms with Gasteiger partial charge in [-0.05, 0) is 48.0 Å². The maximum Gasteiger partial charge on any atom is 0.279 e. The second-order valence-corrected chi connectivity index (χ2v) is 9.14. The standard InChI is InChI=1S/C20H13Cl2F2N3O3S/c21-14-2-1-3-16(24)19(14)20(28)26-13-6-4-11-10-25-27(17(11)9-13)31(29,30)18-7-5-12(23)8-15(18)22/h1-9,25H,10H2,(H,26,28). The molecule has 31 heavy (non-hydrogen) atoms. The van der Waals surface area contributed by atoms with Crippen LogP contribution < -0.4 is 15.2 Å². The highest BCUT2D eigenvalue weighted by Gasteiger charge is 2.33. The molecule has 3 aromatic carbocycles. The third-order valence-corrected chi connectivity index (χ3v) is 7.04. The van der Waals surface area contributed by atoms with Gasteiger partial charge in [-0.3, -0.25) is 4.79 Å². The molecule has 0 atom stereocenters. The Labute approximate surface area is 186 Å². The van der Waals surface area contributed by atoms with Gasteiger partial charge in [0.25, 0.3) is 15.9 Å². The van der Waals surface area contributed by atoms with E-state index in [0.29, 0.717) is 5.56 Å². The van der Waals surface area contributed by atoms with E-state index in [1.54, 1.807) is 12.1 Å². The summed E-state index contributed by atoms with van der Waals surface area (Å²) in [5, 5.41) is 2.18. The number of anilines is 2. The quantitative estimate of drug-likeness (QED) is 0.561. The molecule has 1 aliphatic rings. The molecule has 0 saturated carbocycles. The number of hydrogen-bond acceptors (Lipinski definition) is 4. The number of hydrazine groups is 1. The van der Waals surface area contributed by atoms with Crippen molar-refractivity contribution < 1.29 is 22.0 Å². The topological polar surface area (TPSA) is 78.5 Å². The minimum Gasteiger partial charge on any atom is -0.322 e. The lowest BCUT2D eigenvalue weighted by molar-refractivity contribution is 0.102. The summed E-state index contributed by atoms with van der Waals surface area (Å²) in [7, 11) is -4.18. The van der Waals surface area contributed by atoms with Gasteiger partial charge in [0.2, 0.25) is 0 Å². The molecule has 160 valence electrons. The highest BCUT2D eigenvalue weighted by atomic mass is 35.5. The van der Waals surface area contributed by atoms with Gasteiger partial charge in [0.1, 0.15) is 16.5 Å². The number of rotatable bonds is 4. The van der Waals surface area contributed by atoms with Gasteiger partial charge in [0, 0.05) is 12.2 Å². The van der Waals surface area contributed by atoms with Gasteiger partial charge in [0.05, 0.1) is 21.3 Å². The predicted octanol–water partition coefficient (Wildman–Crippen LogP) is 4.74. The lowest BCUT2D eigenvalue weighted by Crippen LogP contribution is -2.38. The second-order valence-electron chi connectivity index (χ2n) is 6.57. The Kier molecular flexibility index (Phi) is 5.61. The summed E-state index contributed by atoms with van der Waals surface area (Å²) in [6.45, 7) is 0.195. The highest BCUT2D eigenvalue weighted by Crippen LogP contribution is 2.35. The third kappa shape index (κ3) is 3.97. The van der Waals surface area contributed by atoms with Crippen molar-refractivity contribution in [2.45, 2.75) is 11.4 Å². The van der Waals surface area contributed by atoms with Crippen LogP contribution in [0, 0.1) is 11.6 Å². The molecule has 6 nitrogen and oxygen atoms in total. The number of sulfonamides is 1. The third-order valence-electron chi connectivity index (χ3n) is 4.58. The van der Waals surface area contributed by atoms with E-state index in [-0.39, 0.29) is 38.4 Å². The lowest BCUT2D eigenvalue weighted by Gasteiger charge is -2.20. The average molecular weight is 484 g/mol. The molecule has 3 aromatic rings. The van der Waals surface area contributed by atoms with E-state index >= 15 is 0 Å². The summed E-state index contributed by atoms with van der Waals surface area (Å²) in [5.74, 6) is -2.25. The Hall–Kier alpha value is -2.72. The summed E-state index contributed by atoms with van der Waals surface area (Å²) in [6, 6.07) is 11.4. The van der Waals surface area contributed by atoms with E-state index in [1.165, 1.54) is 18.2 Å². The van der Waals surface area contributed by atoms with Crippen molar-refractivity contribution >= 4 is 50.5 Å². The summed E-state index contributed by atoms with van der Waals surface area (Å²) >= 11 is 11.9. The minimum atomic E-state index is -4.18. The van der Waals surface area contributed by atoms with E-state index in [0.717, 1.165) is 28.7 Å². The van der Waals surface area contributed by atoms with E-state index in [1.807, 2.05) is 0 Å². The highest BCUT2D eigenvalue weighted by molar-refractivity contribution is 7.92. The average Bonchev–Trinajstić information content (AvgIpc) is 3.11. The van der Waals surface area contributed by atoms with Crippen molar-refractivity contribution in [2.75, 3.05) is 9.73 Å². The van der Waals surface area contributed by atoms with Crippen LogP contribution in [0.25, 0.3) is 0 Å². The van der Waals surface area contributed by atoms with Crippen molar-refractivity contribution in [1.29, 1.82) is 0 Å². The van der Waals surface area contributed by atoms with Gasteiger partial charge in [-0.15, -0.1) is 0 Å². The molecule has 0 unspecified atom stereocenters. The Morgan fingerprint density at radius 3 is 2.52 bits per heavy atom. The molecule has 0 bridgehead atoms. The number of benzene rings is 3. The van der Waals surface area contributed by atoms with E-state index in [4.69, 9.17) is 23.2 Å². The fraction of sp³-hybridized carbons (Fsp3) is 0.0500. The molecule has 0 aromatic heterocycles. The van der Waals surface area contributed by atoms with Crippen LogP contribution in [0.2, 0.25) is 10.0 Å². The molecule has 1 heterocycles. The Bertz CT molecular complexity index is 1300. The molecule has 1 amide bonds. The zero-order valence-corrected chi connectivity index (χ0v) is 17.8. The Morgan fingerprint density at radius 1 is 1.03 bits per heavy atom. The van der Waals surface area contributed by atoms with Gasteiger partial charge in [-0.25, -0.2) is 14.2 Å². The minimum absolute atomic E-state index is 0.0597. The molecule has 1 aliphatic heterocycles. The van der Waals surface area contributed by atoms with Crippen molar-refractivity contribution in [1.82, 2.24) is 5.43 Å². The number of hydrogen-bond donors (Lipinski definition) is 2. The summed E-state index contributed by atoms with van der Waals surface area (Å²) in [4.78, 5) is 12.2. The Morgan fingerprint density at radius 2 is 1.81 bits per heavy atom. The molecular formula is C20H13Cl2F2N3O3S. The fourth-order valence-corrected chi connectivity index (χ4v) is 5.24. The summed E-state index contributed by atoms with van der Waals surface area (Å²) < 4.78 is 54.4. The molecule has 4 rings (SSSR count). The molecule has 0 saturated heterocycles. The van der Waals surface area contributed by atoms with E-state index in [2.05, 4.69) is 10.7 Å². The number of halogens is 4. The first-order valence-corrected chi connectivity index (χ1v) is 11.0. The van der Waals surface area contributed by atoms with E-state index in [9.17, 15) is 22.0 Å². The number of nitrogens with one attached hydrogen (secondary N) is 2. The van der Waals surface area contributed by atoms with Crippen LogP contribution >= 0.6 is 23.2 Å². The van der Waals surface area contributed by atoms with Crippen LogP contribution in [-0.2, 0) is 16.6 Å². The normalized spacial score (nSPS) is 13.2. The van der Waals surface area contributed by atoms with Gasteiger partial charge >= 0.3 is 0 Å². The summed E-state index contributed by atoms with van der Waals surface area (Å²) in [6.07, 6.45) is 0. The maximum absolute atomic E-state index is 14.0. The number of amides is 1. The van der Waals surface area contributed by atoms with Crippen LogP contribution in [0.15, 0.2) is 59.5 Å².